The fraction of sp³-hybridized carbons (Fsp3) is 0.360. The molecule has 2 saturated heterocycles. The monoisotopic (exact) mass is 398 g/mol. The maximum atomic E-state index is 12.7. The summed E-state index contributed by atoms with van der Waals surface area (Å²) < 4.78 is 0. The van der Waals surface area contributed by atoms with Crippen LogP contribution in [0.4, 0.5) is 0 Å². The molecule has 0 spiro atoms. The van der Waals surface area contributed by atoms with Crippen LogP contribution in [0.15, 0.2) is 48.5 Å². The second kappa shape index (κ2) is 7.10. The number of aromatic amines is 1. The number of aromatic nitrogens is 2. The molecular weight excluding hydrogens is 372 g/mol. The number of H-pyrrole nitrogens is 1. The molecule has 2 aromatic carbocycles. The van der Waals surface area contributed by atoms with Gasteiger partial charge in [-0.2, -0.15) is 5.10 Å². The van der Waals surface area contributed by atoms with Crippen LogP contribution in [0.5, 0.6) is 0 Å². The Balaban J connectivity index is 1.14. The molecule has 2 atom stereocenters. The molecule has 3 N–H and O–H groups in total. The first-order valence-corrected chi connectivity index (χ1v) is 11.0. The zero-order valence-corrected chi connectivity index (χ0v) is 16.9. The highest BCUT2D eigenvalue weighted by Crippen LogP contribution is 2.39. The number of amides is 1. The largest absolute Gasteiger partial charge is 0.352 e. The number of fused-ring (bicyclic) bond motifs is 5. The summed E-state index contributed by atoms with van der Waals surface area (Å²) in [6.45, 7) is 0.778. The van der Waals surface area contributed by atoms with E-state index in [-0.39, 0.29) is 5.91 Å². The molecule has 2 unspecified atom stereocenters. The molecule has 3 heterocycles. The Bertz CT molecular complexity index is 1090. The molecule has 2 aliphatic heterocycles. The van der Waals surface area contributed by atoms with E-state index in [9.17, 15) is 4.79 Å². The fourth-order valence-corrected chi connectivity index (χ4v) is 5.57. The van der Waals surface area contributed by atoms with E-state index in [1.807, 2.05) is 24.3 Å². The summed E-state index contributed by atoms with van der Waals surface area (Å²) in [7, 11) is 0. The Morgan fingerprint density at radius 3 is 2.60 bits per heavy atom. The summed E-state index contributed by atoms with van der Waals surface area (Å²) >= 11 is 0. The summed E-state index contributed by atoms with van der Waals surface area (Å²) in [6, 6.07) is 17.6. The molecule has 2 bridgehead atoms. The van der Waals surface area contributed by atoms with Crippen LogP contribution in [-0.4, -0.2) is 34.7 Å². The lowest BCUT2D eigenvalue weighted by Gasteiger charge is -2.29. The number of carbonyl (C=O) groups excluding carboxylic acids is 1. The van der Waals surface area contributed by atoms with Crippen molar-refractivity contribution >= 4 is 5.91 Å². The SMILES string of the molecule is O=C(NCC1CC2CCC(C1)N2)c1ccc(-c2n[nH]c3c2Cc2ccccc2-3)cc1. The van der Waals surface area contributed by atoms with Crippen molar-refractivity contribution in [2.45, 2.75) is 44.2 Å². The van der Waals surface area contributed by atoms with E-state index >= 15 is 0 Å². The van der Waals surface area contributed by atoms with Crippen LogP contribution in [0, 0.1) is 5.92 Å². The summed E-state index contributed by atoms with van der Waals surface area (Å²) in [5.74, 6) is 0.618. The van der Waals surface area contributed by atoms with Crippen molar-refractivity contribution in [3.63, 3.8) is 0 Å². The first-order valence-electron chi connectivity index (χ1n) is 11.0. The van der Waals surface area contributed by atoms with Crippen molar-refractivity contribution in [2.75, 3.05) is 6.54 Å². The van der Waals surface area contributed by atoms with E-state index in [2.05, 4.69) is 45.1 Å². The third-order valence-electron chi connectivity index (χ3n) is 7.06. The van der Waals surface area contributed by atoms with Gasteiger partial charge < -0.3 is 10.6 Å². The average Bonchev–Trinajstić information content (AvgIpc) is 3.45. The van der Waals surface area contributed by atoms with Crippen molar-refractivity contribution in [1.29, 1.82) is 0 Å². The standard InChI is InChI=1S/C25H26N4O/c30-25(26-14-15-11-19-9-10-20(12-15)27-19)17-7-5-16(6-8-17)23-22-13-18-3-1-2-4-21(18)24(22)29-28-23/h1-8,15,19-20,27H,9-14H2,(H,26,30)(H,28,29). The number of hydrogen-bond donors (Lipinski definition) is 3. The Kier molecular flexibility index (Phi) is 4.23. The summed E-state index contributed by atoms with van der Waals surface area (Å²) in [5, 5.41) is 14.6. The minimum atomic E-state index is 0.0205. The number of hydrogen-bond acceptors (Lipinski definition) is 3. The average molecular weight is 399 g/mol. The van der Waals surface area contributed by atoms with Crippen molar-refractivity contribution in [1.82, 2.24) is 20.8 Å². The van der Waals surface area contributed by atoms with Gasteiger partial charge in [-0.15, -0.1) is 0 Å². The first kappa shape index (κ1) is 17.9. The highest BCUT2D eigenvalue weighted by molar-refractivity contribution is 5.94. The van der Waals surface area contributed by atoms with E-state index in [0.29, 0.717) is 23.6 Å². The van der Waals surface area contributed by atoms with Crippen LogP contribution in [0.2, 0.25) is 0 Å². The normalized spacial score (nSPS) is 23.8. The highest BCUT2D eigenvalue weighted by atomic mass is 16.1. The minimum absolute atomic E-state index is 0.0205. The van der Waals surface area contributed by atoms with E-state index in [1.54, 1.807) is 0 Å². The minimum Gasteiger partial charge on any atom is -0.352 e. The van der Waals surface area contributed by atoms with Gasteiger partial charge in [-0.25, -0.2) is 0 Å². The Labute approximate surface area is 176 Å². The lowest BCUT2D eigenvalue weighted by Crippen LogP contribution is -2.42. The molecule has 5 heteroatoms. The van der Waals surface area contributed by atoms with Gasteiger partial charge in [0.2, 0.25) is 0 Å². The van der Waals surface area contributed by atoms with Crippen LogP contribution >= 0.6 is 0 Å². The van der Waals surface area contributed by atoms with E-state index in [4.69, 9.17) is 0 Å². The van der Waals surface area contributed by atoms with Crippen molar-refractivity contribution < 1.29 is 4.79 Å². The molecule has 6 rings (SSSR count). The summed E-state index contributed by atoms with van der Waals surface area (Å²) in [5.41, 5.74) is 7.70. The number of nitrogens with zero attached hydrogens (tertiary/aromatic N) is 1. The third-order valence-corrected chi connectivity index (χ3v) is 7.06. The topological polar surface area (TPSA) is 69.8 Å². The Morgan fingerprint density at radius 1 is 1.03 bits per heavy atom. The van der Waals surface area contributed by atoms with Gasteiger partial charge in [0.05, 0.1) is 11.4 Å². The van der Waals surface area contributed by atoms with Crippen molar-refractivity contribution in [3.8, 4) is 22.5 Å². The van der Waals surface area contributed by atoms with Gasteiger partial charge in [0.25, 0.3) is 5.91 Å². The smallest absolute Gasteiger partial charge is 0.251 e. The lowest BCUT2D eigenvalue weighted by molar-refractivity contribution is 0.0941. The van der Waals surface area contributed by atoms with Crippen molar-refractivity contribution in [2.24, 2.45) is 5.92 Å². The Hall–Kier alpha value is -2.92. The molecule has 1 amide bonds. The van der Waals surface area contributed by atoms with E-state index in [0.717, 1.165) is 29.9 Å². The van der Waals surface area contributed by atoms with Gasteiger partial charge in [0.15, 0.2) is 0 Å². The van der Waals surface area contributed by atoms with Gasteiger partial charge in [-0.1, -0.05) is 36.4 Å². The number of nitrogens with one attached hydrogen (secondary N) is 3. The summed E-state index contributed by atoms with van der Waals surface area (Å²) in [6.07, 6.45) is 5.85. The molecule has 3 aromatic rings. The first-order chi connectivity index (χ1) is 14.7. The maximum absolute atomic E-state index is 12.7. The molecule has 3 aliphatic rings. The van der Waals surface area contributed by atoms with Gasteiger partial charge in [0.1, 0.15) is 0 Å². The second-order valence-corrected chi connectivity index (χ2v) is 9.02. The fourth-order valence-electron chi connectivity index (χ4n) is 5.57. The maximum Gasteiger partial charge on any atom is 0.251 e. The number of rotatable bonds is 4. The van der Waals surface area contributed by atoms with Gasteiger partial charge in [-0.3, -0.25) is 9.89 Å². The zero-order valence-electron chi connectivity index (χ0n) is 16.9. The number of piperidine rings is 1. The summed E-state index contributed by atoms with van der Waals surface area (Å²) in [4.78, 5) is 12.7. The molecular formula is C25H26N4O. The molecule has 5 nitrogen and oxygen atoms in total. The lowest BCUT2D eigenvalue weighted by atomic mass is 9.92. The molecule has 30 heavy (non-hydrogen) atoms. The predicted molar refractivity (Wildman–Crippen MR) is 117 cm³/mol. The van der Waals surface area contributed by atoms with E-state index < -0.39 is 0 Å². The molecule has 0 saturated carbocycles. The predicted octanol–water partition coefficient (Wildman–Crippen LogP) is 3.91. The molecule has 1 aromatic heterocycles. The highest BCUT2D eigenvalue weighted by Gasteiger charge is 2.33. The molecule has 1 aliphatic carbocycles. The van der Waals surface area contributed by atoms with Gasteiger partial charge in [-0.05, 0) is 49.3 Å². The van der Waals surface area contributed by atoms with Gasteiger partial charge in [0, 0.05) is 47.3 Å². The molecule has 0 radical (unpaired) electrons. The van der Waals surface area contributed by atoms with Crippen LogP contribution in [0.1, 0.15) is 47.2 Å². The van der Waals surface area contributed by atoms with E-state index in [1.165, 1.54) is 42.4 Å². The second-order valence-electron chi connectivity index (χ2n) is 9.02. The number of benzene rings is 2. The Morgan fingerprint density at radius 2 is 1.80 bits per heavy atom. The molecule has 152 valence electrons. The van der Waals surface area contributed by atoms with Crippen LogP contribution in [0.25, 0.3) is 22.5 Å². The van der Waals surface area contributed by atoms with Crippen molar-refractivity contribution in [3.05, 3.63) is 65.2 Å². The van der Waals surface area contributed by atoms with Crippen LogP contribution < -0.4 is 10.6 Å². The van der Waals surface area contributed by atoms with Crippen LogP contribution in [0.3, 0.4) is 0 Å². The zero-order chi connectivity index (χ0) is 20.1. The number of carbonyl (C=O) groups is 1. The molecule has 2 fully saturated rings. The van der Waals surface area contributed by atoms with Crippen LogP contribution in [-0.2, 0) is 6.42 Å². The van der Waals surface area contributed by atoms with Gasteiger partial charge >= 0.3 is 0 Å². The third kappa shape index (κ3) is 3.05. The quantitative estimate of drug-likeness (QED) is 0.488.